The molecule has 0 aliphatic heterocycles. The van der Waals surface area contributed by atoms with Gasteiger partial charge in [-0.1, -0.05) is 0 Å². The summed E-state index contributed by atoms with van der Waals surface area (Å²) in [6.45, 7) is 0.965. The van der Waals surface area contributed by atoms with E-state index in [1.165, 1.54) is 6.07 Å². The molecule has 0 unspecified atom stereocenters. The molecule has 0 heterocycles. The molecule has 0 aliphatic rings. The summed E-state index contributed by atoms with van der Waals surface area (Å²) in [5, 5.41) is 2.73. The first-order valence-electron chi connectivity index (χ1n) is 7.51. The molecule has 5 nitrogen and oxygen atoms in total. The van der Waals surface area contributed by atoms with E-state index in [1.807, 2.05) is 0 Å². The summed E-state index contributed by atoms with van der Waals surface area (Å²) in [6.07, 6.45) is 0. The van der Waals surface area contributed by atoms with Crippen molar-refractivity contribution in [3.05, 3.63) is 53.8 Å². The van der Waals surface area contributed by atoms with E-state index >= 15 is 0 Å². The Morgan fingerprint density at radius 2 is 1.83 bits per heavy atom. The molecule has 0 spiro atoms. The van der Waals surface area contributed by atoms with E-state index in [1.54, 1.807) is 62.5 Å². The fourth-order valence-electron chi connectivity index (χ4n) is 2.09. The zero-order valence-electron chi connectivity index (χ0n) is 14.0. The number of halogens is 1. The fraction of sp³-hybridized carbons (Fsp3) is 0.278. The van der Waals surface area contributed by atoms with Crippen LogP contribution in [0.3, 0.4) is 0 Å². The van der Waals surface area contributed by atoms with Gasteiger partial charge < -0.3 is 19.7 Å². The molecular weight excluding hydrogens is 311 g/mol. The Bertz CT molecular complexity index is 687. The molecular formula is C18H21FN2O3. The van der Waals surface area contributed by atoms with Gasteiger partial charge in [0.25, 0.3) is 5.91 Å². The third kappa shape index (κ3) is 4.70. The van der Waals surface area contributed by atoms with Crippen LogP contribution >= 0.6 is 0 Å². The quantitative estimate of drug-likeness (QED) is 0.791. The first-order valence-corrected chi connectivity index (χ1v) is 7.51. The first kappa shape index (κ1) is 17.7. The molecule has 1 amide bonds. The highest BCUT2D eigenvalue weighted by Crippen LogP contribution is 2.20. The molecule has 2 aromatic carbocycles. The molecule has 6 heteroatoms. The van der Waals surface area contributed by atoms with Crippen LogP contribution in [0.15, 0.2) is 42.5 Å². The number of anilines is 2. The third-order valence-corrected chi connectivity index (χ3v) is 3.36. The Hall–Kier alpha value is -2.60. The van der Waals surface area contributed by atoms with Crippen LogP contribution in [0.1, 0.15) is 10.4 Å². The van der Waals surface area contributed by atoms with Gasteiger partial charge in [0, 0.05) is 32.5 Å². The number of ether oxygens (including phenoxy) is 2. The molecule has 128 valence electrons. The topological polar surface area (TPSA) is 50.8 Å². The van der Waals surface area contributed by atoms with Crippen LogP contribution < -0.4 is 15.0 Å². The minimum atomic E-state index is -0.436. The van der Waals surface area contributed by atoms with Gasteiger partial charge in [0.1, 0.15) is 18.2 Å². The van der Waals surface area contributed by atoms with Gasteiger partial charge in [-0.25, -0.2) is 4.39 Å². The predicted octanol–water partition coefficient (Wildman–Crippen LogP) is 3.17. The summed E-state index contributed by atoms with van der Waals surface area (Å²) in [5.74, 6) is -0.117. The molecule has 0 bridgehead atoms. The largest absolute Gasteiger partial charge is 0.491 e. The fourth-order valence-corrected chi connectivity index (χ4v) is 2.09. The smallest absolute Gasteiger partial charge is 0.255 e. The number of nitrogens with zero attached hydrogens (tertiary/aromatic N) is 1. The van der Waals surface area contributed by atoms with Crippen LogP contribution in [0, 0.1) is 5.82 Å². The van der Waals surface area contributed by atoms with E-state index in [2.05, 4.69) is 5.32 Å². The van der Waals surface area contributed by atoms with Gasteiger partial charge in [-0.3, -0.25) is 4.79 Å². The van der Waals surface area contributed by atoms with Crippen LogP contribution in [0.5, 0.6) is 5.75 Å². The molecule has 24 heavy (non-hydrogen) atoms. The lowest BCUT2D eigenvalue weighted by molar-refractivity contribution is 0.102. The van der Waals surface area contributed by atoms with E-state index in [0.717, 1.165) is 0 Å². The zero-order valence-corrected chi connectivity index (χ0v) is 14.0. The number of hydrogen-bond donors (Lipinski definition) is 1. The van der Waals surface area contributed by atoms with Crippen molar-refractivity contribution in [3.63, 3.8) is 0 Å². The van der Waals surface area contributed by atoms with E-state index in [-0.39, 0.29) is 11.5 Å². The molecule has 0 saturated carbocycles. The average Bonchev–Trinajstić information content (AvgIpc) is 2.56. The van der Waals surface area contributed by atoms with Gasteiger partial charge in [0.2, 0.25) is 0 Å². The van der Waals surface area contributed by atoms with Crippen molar-refractivity contribution in [2.24, 2.45) is 0 Å². The van der Waals surface area contributed by atoms with Crippen molar-refractivity contribution in [3.8, 4) is 5.75 Å². The number of amides is 1. The van der Waals surface area contributed by atoms with Gasteiger partial charge in [-0.2, -0.15) is 0 Å². The second-order valence-electron chi connectivity index (χ2n) is 5.38. The monoisotopic (exact) mass is 332 g/mol. The second-order valence-corrected chi connectivity index (χ2v) is 5.38. The Balaban J connectivity index is 2.00. The molecule has 2 aromatic rings. The number of benzene rings is 2. The first-order chi connectivity index (χ1) is 11.5. The van der Waals surface area contributed by atoms with Crippen molar-refractivity contribution in [2.45, 2.75) is 0 Å². The number of carbonyl (C=O) groups is 1. The highest BCUT2D eigenvalue weighted by Gasteiger charge is 2.11. The van der Waals surface area contributed by atoms with Gasteiger partial charge in [0.05, 0.1) is 12.3 Å². The van der Waals surface area contributed by atoms with Crippen molar-refractivity contribution < 1.29 is 18.7 Å². The molecule has 0 fully saturated rings. The molecule has 1 N–H and O–H groups in total. The average molecular weight is 332 g/mol. The van der Waals surface area contributed by atoms with Gasteiger partial charge in [0.15, 0.2) is 0 Å². The number of hydrogen-bond acceptors (Lipinski definition) is 4. The normalized spacial score (nSPS) is 10.3. The summed E-state index contributed by atoms with van der Waals surface area (Å²) in [4.78, 5) is 13.9. The summed E-state index contributed by atoms with van der Waals surface area (Å²) < 4.78 is 24.3. The molecule has 0 aliphatic carbocycles. The molecule has 0 saturated heterocycles. The Morgan fingerprint density at radius 1 is 1.12 bits per heavy atom. The molecule has 0 atom stereocenters. The summed E-state index contributed by atoms with van der Waals surface area (Å²) in [6, 6.07) is 11.4. The van der Waals surface area contributed by atoms with Gasteiger partial charge in [-0.15, -0.1) is 0 Å². The van der Waals surface area contributed by atoms with Crippen molar-refractivity contribution in [1.29, 1.82) is 0 Å². The SMILES string of the molecule is COCCOc1ccc(NC(=O)c2ccc(N(C)C)c(F)c2)cc1. The number of rotatable bonds is 7. The minimum absolute atomic E-state index is 0.263. The standard InChI is InChI=1S/C18H21FN2O3/c1-21(2)17-9-4-13(12-16(17)19)18(22)20-14-5-7-15(8-6-14)24-11-10-23-3/h4-9,12H,10-11H2,1-3H3,(H,20,22). The summed E-state index contributed by atoms with van der Waals surface area (Å²) in [5.41, 5.74) is 1.30. The van der Waals surface area contributed by atoms with E-state index in [9.17, 15) is 9.18 Å². The maximum absolute atomic E-state index is 14.0. The van der Waals surface area contributed by atoms with Crippen LogP contribution in [-0.4, -0.2) is 40.3 Å². The lowest BCUT2D eigenvalue weighted by atomic mass is 10.1. The number of methoxy groups -OCH3 is 1. The minimum Gasteiger partial charge on any atom is -0.491 e. The van der Waals surface area contributed by atoms with E-state index in [0.29, 0.717) is 30.3 Å². The molecule has 0 radical (unpaired) electrons. The summed E-state index contributed by atoms with van der Waals surface area (Å²) >= 11 is 0. The second kappa shape index (κ2) is 8.31. The van der Waals surface area contributed by atoms with Gasteiger partial charge >= 0.3 is 0 Å². The lowest BCUT2D eigenvalue weighted by Crippen LogP contribution is -2.14. The third-order valence-electron chi connectivity index (χ3n) is 3.36. The maximum Gasteiger partial charge on any atom is 0.255 e. The number of nitrogens with one attached hydrogen (secondary N) is 1. The molecule has 2 rings (SSSR count). The van der Waals surface area contributed by atoms with Crippen molar-refractivity contribution >= 4 is 17.3 Å². The predicted molar refractivity (Wildman–Crippen MR) is 92.5 cm³/mol. The van der Waals surface area contributed by atoms with Crippen LogP contribution in [0.2, 0.25) is 0 Å². The van der Waals surface area contributed by atoms with Crippen molar-refractivity contribution in [2.75, 3.05) is 44.6 Å². The highest BCUT2D eigenvalue weighted by molar-refractivity contribution is 6.04. The number of carbonyl (C=O) groups excluding carboxylic acids is 1. The van der Waals surface area contributed by atoms with Crippen LogP contribution in [0.25, 0.3) is 0 Å². The zero-order chi connectivity index (χ0) is 17.5. The Kier molecular flexibility index (Phi) is 6.14. The maximum atomic E-state index is 14.0. The Labute approximate surface area is 141 Å². The molecule has 0 aromatic heterocycles. The lowest BCUT2D eigenvalue weighted by Gasteiger charge is -2.14. The Morgan fingerprint density at radius 3 is 2.42 bits per heavy atom. The highest BCUT2D eigenvalue weighted by atomic mass is 19.1. The van der Waals surface area contributed by atoms with Gasteiger partial charge in [-0.05, 0) is 42.5 Å². The van der Waals surface area contributed by atoms with E-state index in [4.69, 9.17) is 9.47 Å². The van der Waals surface area contributed by atoms with Crippen LogP contribution in [0.4, 0.5) is 15.8 Å². The van der Waals surface area contributed by atoms with E-state index < -0.39 is 5.82 Å². The van der Waals surface area contributed by atoms with Crippen molar-refractivity contribution in [1.82, 2.24) is 0 Å². The summed E-state index contributed by atoms with van der Waals surface area (Å²) in [7, 11) is 5.10. The van der Waals surface area contributed by atoms with Crippen LogP contribution in [-0.2, 0) is 4.74 Å².